The maximum absolute atomic E-state index is 10.8. The minimum atomic E-state index is -0.892. The van der Waals surface area contributed by atoms with Gasteiger partial charge in [-0.15, -0.1) is 11.3 Å². The van der Waals surface area contributed by atoms with Crippen LogP contribution in [0.1, 0.15) is 33.2 Å². The molecule has 1 atom stereocenters. The number of thiophene rings is 1. The number of aromatic carboxylic acids is 1. The summed E-state index contributed by atoms with van der Waals surface area (Å²) in [6, 6.07) is 7.02. The van der Waals surface area contributed by atoms with Gasteiger partial charge in [0.2, 0.25) is 0 Å². The second kappa shape index (κ2) is 6.14. The van der Waals surface area contributed by atoms with E-state index in [9.17, 15) is 4.79 Å². The predicted molar refractivity (Wildman–Crippen MR) is 75.8 cm³/mol. The van der Waals surface area contributed by atoms with E-state index in [4.69, 9.17) is 16.7 Å². The first-order valence-corrected chi connectivity index (χ1v) is 6.93. The average Bonchev–Trinajstić information content (AvgIpc) is 2.85. The molecule has 19 heavy (non-hydrogen) atoms. The van der Waals surface area contributed by atoms with Crippen molar-refractivity contribution in [3.63, 3.8) is 0 Å². The lowest BCUT2D eigenvalue weighted by atomic mass is 10.2. The Morgan fingerprint density at radius 3 is 2.95 bits per heavy atom. The third kappa shape index (κ3) is 3.53. The van der Waals surface area contributed by atoms with Crippen molar-refractivity contribution in [1.29, 1.82) is 0 Å². The first kappa shape index (κ1) is 14.0. The highest BCUT2D eigenvalue weighted by atomic mass is 35.5. The van der Waals surface area contributed by atoms with Crippen LogP contribution < -0.4 is 5.32 Å². The number of rotatable bonds is 5. The Morgan fingerprint density at radius 1 is 1.53 bits per heavy atom. The number of halogens is 1. The topological polar surface area (TPSA) is 62.2 Å². The lowest BCUT2D eigenvalue weighted by Crippen LogP contribution is -2.18. The maximum Gasteiger partial charge on any atom is 0.345 e. The zero-order valence-electron chi connectivity index (χ0n) is 10.3. The second-order valence-electron chi connectivity index (χ2n) is 4.04. The molecular weight excluding hydrogens is 284 g/mol. The Morgan fingerprint density at radius 2 is 2.32 bits per heavy atom. The molecule has 0 amide bonds. The van der Waals surface area contributed by atoms with E-state index in [0.717, 1.165) is 10.6 Å². The Bertz CT molecular complexity index is 586. The SMILES string of the molecule is CC(NCc1ccc(C(=O)O)s1)c1ncccc1Cl. The van der Waals surface area contributed by atoms with Crippen LogP contribution in [0.5, 0.6) is 0 Å². The monoisotopic (exact) mass is 296 g/mol. The molecule has 0 aromatic carbocycles. The number of carboxylic acids is 1. The van der Waals surface area contributed by atoms with Crippen LogP contribution in [-0.4, -0.2) is 16.1 Å². The molecule has 0 saturated heterocycles. The summed E-state index contributed by atoms with van der Waals surface area (Å²) in [5, 5.41) is 12.8. The van der Waals surface area contributed by atoms with Gasteiger partial charge < -0.3 is 10.4 Å². The normalized spacial score (nSPS) is 12.3. The van der Waals surface area contributed by atoms with Gasteiger partial charge >= 0.3 is 5.97 Å². The summed E-state index contributed by atoms with van der Waals surface area (Å²) in [6.45, 7) is 2.56. The number of hydrogen-bond donors (Lipinski definition) is 2. The fraction of sp³-hybridized carbons (Fsp3) is 0.231. The van der Waals surface area contributed by atoms with Crippen molar-refractivity contribution in [3.8, 4) is 0 Å². The Labute approximate surface area is 120 Å². The van der Waals surface area contributed by atoms with Gasteiger partial charge in [-0.3, -0.25) is 4.98 Å². The predicted octanol–water partition coefficient (Wildman–Crippen LogP) is 3.35. The molecule has 2 aromatic heterocycles. The summed E-state index contributed by atoms with van der Waals surface area (Å²) in [5.41, 5.74) is 0.791. The van der Waals surface area contributed by atoms with E-state index in [2.05, 4.69) is 10.3 Å². The van der Waals surface area contributed by atoms with E-state index in [1.807, 2.05) is 13.0 Å². The van der Waals surface area contributed by atoms with E-state index in [1.54, 1.807) is 24.4 Å². The summed E-state index contributed by atoms with van der Waals surface area (Å²) in [5.74, 6) is -0.892. The van der Waals surface area contributed by atoms with E-state index in [0.29, 0.717) is 16.4 Å². The van der Waals surface area contributed by atoms with Crippen molar-refractivity contribution in [1.82, 2.24) is 10.3 Å². The van der Waals surface area contributed by atoms with Crippen molar-refractivity contribution in [3.05, 3.63) is 50.9 Å². The minimum Gasteiger partial charge on any atom is -0.477 e. The first-order chi connectivity index (χ1) is 9.08. The number of nitrogens with one attached hydrogen (secondary N) is 1. The molecule has 0 spiro atoms. The van der Waals surface area contributed by atoms with Gasteiger partial charge in [0, 0.05) is 23.7 Å². The smallest absolute Gasteiger partial charge is 0.345 e. The quantitative estimate of drug-likeness (QED) is 0.888. The molecule has 6 heteroatoms. The fourth-order valence-corrected chi connectivity index (χ4v) is 2.74. The van der Waals surface area contributed by atoms with Crippen LogP contribution in [0.2, 0.25) is 5.02 Å². The molecular formula is C13H13ClN2O2S. The Balaban J connectivity index is 1.98. The highest BCUT2D eigenvalue weighted by molar-refractivity contribution is 7.13. The largest absolute Gasteiger partial charge is 0.477 e. The average molecular weight is 297 g/mol. The summed E-state index contributed by atoms with van der Waals surface area (Å²) in [6.07, 6.45) is 1.70. The molecule has 4 nitrogen and oxygen atoms in total. The van der Waals surface area contributed by atoms with Gasteiger partial charge in [0.1, 0.15) is 4.88 Å². The Kier molecular flexibility index (Phi) is 4.52. The summed E-state index contributed by atoms with van der Waals surface area (Å²) in [4.78, 5) is 16.3. The number of carboxylic acid groups (broad SMARTS) is 1. The van der Waals surface area contributed by atoms with Crippen molar-refractivity contribution in [2.45, 2.75) is 19.5 Å². The van der Waals surface area contributed by atoms with E-state index in [-0.39, 0.29) is 6.04 Å². The summed E-state index contributed by atoms with van der Waals surface area (Å²) < 4.78 is 0. The van der Waals surface area contributed by atoms with Crippen LogP contribution in [0.25, 0.3) is 0 Å². The van der Waals surface area contributed by atoms with Gasteiger partial charge in [0.05, 0.1) is 10.7 Å². The molecule has 2 aromatic rings. The number of carbonyl (C=O) groups is 1. The molecule has 0 aliphatic heterocycles. The van der Waals surface area contributed by atoms with Crippen molar-refractivity contribution >= 4 is 28.9 Å². The molecule has 0 fully saturated rings. The number of aromatic nitrogens is 1. The van der Waals surface area contributed by atoms with Crippen molar-refractivity contribution in [2.75, 3.05) is 0 Å². The van der Waals surface area contributed by atoms with Crippen LogP contribution in [0, 0.1) is 0 Å². The third-order valence-electron chi connectivity index (χ3n) is 2.65. The van der Waals surface area contributed by atoms with E-state index >= 15 is 0 Å². The molecule has 0 aliphatic carbocycles. The molecule has 0 bridgehead atoms. The zero-order chi connectivity index (χ0) is 13.8. The Hall–Kier alpha value is -1.43. The standard InChI is InChI=1S/C13H13ClN2O2S/c1-8(12-10(14)3-2-6-15-12)16-7-9-4-5-11(19-9)13(17)18/h2-6,8,16H,7H2,1H3,(H,17,18). The second-order valence-corrected chi connectivity index (χ2v) is 5.62. The van der Waals surface area contributed by atoms with Gasteiger partial charge in [-0.1, -0.05) is 11.6 Å². The third-order valence-corrected chi connectivity index (χ3v) is 4.04. The van der Waals surface area contributed by atoms with Crippen LogP contribution in [0.15, 0.2) is 30.5 Å². The van der Waals surface area contributed by atoms with Crippen LogP contribution in [0.4, 0.5) is 0 Å². The van der Waals surface area contributed by atoms with Crippen LogP contribution in [-0.2, 0) is 6.54 Å². The zero-order valence-corrected chi connectivity index (χ0v) is 11.8. The fourth-order valence-electron chi connectivity index (χ4n) is 1.65. The minimum absolute atomic E-state index is 0.00378. The summed E-state index contributed by atoms with van der Waals surface area (Å²) >= 11 is 7.34. The van der Waals surface area contributed by atoms with Gasteiger partial charge in [-0.25, -0.2) is 4.79 Å². The van der Waals surface area contributed by atoms with Gasteiger partial charge in [-0.05, 0) is 31.2 Å². The van der Waals surface area contributed by atoms with E-state index < -0.39 is 5.97 Å². The van der Waals surface area contributed by atoms with Crippen LogP contribution >= 0.6 is 22.9 Å². The van der Waals surface area contributed by atoms with Gasteiger partial charge in [0.15, 0.2) is 0 Å². The number of hydrogen-bond acceptors (Lipinski definition) is 4. The molecule has 1 unspecified atom stereocenters. The van der Waals surface area contributed by atoms with Gasteiger partial charge in [0.25, 0.3) is 0 Å². The highest BCUT2D eigenvalue weighted by Crippen LogP contribution is 2.21. The van der Waals surface area contributed by atoms with Crippen LogP contribution in [0.3, 0.4) is 0 Å². The lowest BCUT2D eigenvalue weighted by molar-refractivity contribution is 0.0702. The maximum atomic E-state index is 10.8. The van der Waals surface area contributed by atoms with Gasteiger partial charge in [-0.2, -0.15) is 0 Å². The molecule has 2 N–H and O–H groups in total. The lowest BCUT2D eigenvalue weighted by Gasteiger charge is -2.13. The first-order valence-electron chi connectivity index (χ1n) is 5.73. The van der Waals surface area contributed by atoms with Crippen molar-refractivity contribution in [2.24, 2.45) is 0 Å². The molecule has 2 rings (SSSR count). The summed E-state index contributed by atoms with van der Waals surface area (Å²) in [7, 11) is 0. The molecule has 2 heterocycles. The molecule has 0 aliphatic rings. The highest BCUT2D eigenvalue weighted by Gasteiger charge is 2.11. The number of pyridine rings is 1. The molecule has 100 valence electrons. The van der Waals surface area contributed by atoms with E-state index in [1.165, 1.54) is 11.3 Å². The molecule has 0 saturated carbocycles. The van der Waals surface area contributed by atoms with Crippen molar-refractivity contribution < 1.29 is 9.90 Å². The number of nitrogens with zero attached hydrogens (tertiary/aromatic N) is 1. The molecule has 0 radical (unpaired) electrons.